The van der Waals surface area contributed by atoms with Crippen molar-refractivity contribution in [1.82, 2.24) is 14.5 Å². The molecular weight excluding hydrogens is 300 g/mol. The van der Waals surface area contributed by atoms with E-state index in [2.05, 4.69) is 16.0 Å². The predicted molar refractivity (Wildman–Crippen MR) is 83.5 cm³/mol. The quantitative estimate of drug-likeness (QED) is 0.742. The smallest absolute Gasteiger partial charge is 0.160 e. The Balaban J connectivity index is 2.07. The lowest BCUT2D eigenvalue weighted by atomic mass is 10.1. The van der Waals surface area contributed by atoms with Crippen molar-refractivity contribution in [2.45, 2.75) is 13.2 Å². The van der Waals surface area contributed by atoms with E-state index in [9.17, 15) is 0 Å². The van der Waals surface area contributed by atoms with Gasteiger partial charge in [-0.1, -0.05) is 23.7 Å². The van der Waals surface area contributed by atoms with Crippen LogP contribution in [-0.4, -0.2) is 21.6 Å². The summed E-state index contributed by atoms with van der Waals surface area (Å²) in [5, 5.41) is 9.56. The summed E-state index contributed by atoms with van der Waals surface area (Å²) >= 11 is 5.98. The highest BCUT2D eigenvalue weighted by Gasteiger charge is 2.13. The van der Waals surface area contributed by atoms with Gasteiger partial charge in [-0.25, -0.2) is 9.97 Å². The maximum atomic E-state index is 9.01. The minimum Gasteiger partial charge on any atom is -0.377 e. The van der Waals surface area contributed by atoms with Crippen molar-refractivity contribution >= 4 is 22.8 Å². The SMILES string of the molecule is COCc1nc2cc(Cl)cnc2n1Cc1cccc(C#N)c1. The van der Waals surface area contributed by atoms with Gasteiger partial charge in [0, 0.05) is 13.3 Å². The van der Waals surface area contributed by atoms with Crippen LogP contribution in [0, 0.1) is 11.3 Å². The summed E-state index contributed by atoms with van der Waals surface area (Å²) in [7, 11) is 1.63. The molecule has 0 N–H and O–H groups in total. The van der Waals surface area contributed by atoms with Gasteiger partial charge in [-0.2, -0.15) is 5.26 Å². The third-order valence-electron chi connectivity index (χ3n) is 3.30. The van der Waals surface area contributed by atoms with Crippen LogP contribution in [0.15, 0.2) is 36.5 Å². The molecular formula is C16H13ClN4O. The molecule has 3 aromatic rings. The number of pyridine rings is 1. The number of hydrogen-bond donors (Lipinski definition) is 0. The number of methoxy groups -OCH3 is 1. The Morgan fingerprint density at radius 3 is 3.00 bits per heavy atom. The van der Waals surface area contributed by atoms with Crippen molar-refractivity contribution in [1.29, 1.82) is 5.26 Å². The van der Waals surface area contributed by atoms with Crippen LogP contribution in [0.5, 0.6) is 0 Å². The Bertz CT molecular complexity index is 866. The van der Waals surface area contributed by atoms with Crippen LogP contribution in [0.1, 0.15) is 17.0 Å². The number of ether oxygens (including phenoxy) is 1. The molecule has 3 rings (SSSR count). The van der Waals surface area contributed by atoms with Gasteiger partial charge in [0.1, 0.15) is 17.9 Å². The highest BCUT2D eigenvalue weighted by molar-refractivity contribution is 6.31. The standard InChI is InChI=1S/C16H13ClN4O/c1-22-10-15-20-14-6-13(17)8-19-16(14)21(15)9-12-4-2-3-11(5-12)7-18/h2-6,8H,9-10H2,1H3. The molecule has 0 saturated carbocycles. The van der Waals surface area contributed by atoms with E-state index in [1.807, 2.05) is 22.8 Å². The summed E-state index contributed by atoms with van der Waals surface area (Å²) in [5.74, 6) is 0.773. The minimum absolute atomic E-state index is 0.381. The Morgan fingerprint density at radius 1 is 1.36 bits per heavy atom. The summed E-state index contributed by atoms with van der Waals surface area (Å²) in [4.78, 5) is 8.90. The molecule has 0 atom stereocenters. The predicted octanol–water partition coefficient (Wildman–Crippen LogP) is 3.15. The van der Waals surface area contributed by atoms with Crippen LogP contribution in [0.25, 0.3) is 11.2 Å². The highest BCUT2D eigenvalue weighted by atomic mass is 35.5. The fourth-order valence-electron chi connectivity index (χ4n) is 2.36. The van der Waals surface area contributed by atoms with Crippen LogP contribution in [-0.2, 0) is 17.9 Å². The van der Waals surface area contributed by atoms with E-state index in [0.29, 0.717) is 23.7 Å². The lowest BCUT2D eigenvalue weighted by Crippen LogP contribution is -2.07. The van der Waals surface area contributed by atoms with E-state index < -0.39 is 0 Å². The van der Waals surface area contributed by atoms with E-state index in [-0.39, 0.29) is 0 Å². The molecule has 2 heterocycles. The molecule has 0 spiro atoms. The second-order valence-corrected chi connectivity index (χ2v) is 5.29. The van der Waals surface area contributed by atoms with Crippen LogP contribution < -0.4 is 0 Å². The van der Waals surface area contributed by atoms with Crippen molar-refractivity contribution in [3.63, 3.8) is 0 Å². The van der Waals surface area contributed by atoms with Crippen LogP contribution in [0.4, 0.5) is 0 Å². The summed E-state index contributed by atoms with van der Waals surface area (Å²) < 4.78 is 7.19. The fraction of sp³-hybridized carbons (Fsp3) is 0.188. The van der Waals surface area contributed by atoms with E-state index in [1.165, 1.54) is 0 Å². The Hall–Kier alpha value is -2.42. The molecule has 0 radical (unpaired) electrons. The second kappa shape index (κ2) is 6.14. The zero-order valence-electron chi connectivity index (χ0n) is 12.0. The summed E-state index contributed by atoms with van der Waals surface area (Å²) in [6, 6.07) is 11.4. The van der Waals surface area contributed by atoms with Crippen molar-refractivity contribution in [3.8, 4) is 6.07 Å². The molecule has 0 amide bonds. The molecule has 0 aliphatic heterocycles. The normalized spacial score (nSPS) is 10.8. The van der Waals surface area contributed by atoms with Gasteiger partial charge in [-0.3, -0.25) is 0 Å². The second-order valence-electron chi connectivity index (χ2n) is 4.86. The molecule has 6 heteroatoms. The molecule has 0 saturated heterocycles. The summed E-state index contributed by atoms with van der Waals surface area (Å²) in [6.45, 7) is 0.950. The number of fused-ring (bicyclic) bond motifs is 1. The molecule has 5 nitrogen and oxygen atoms in total. The van der Waals surface area contributed by atoms with E-state index >= 15 is 0 Å². The lowest BCUT2D eigenvalue weighted by molar-refractivity contribution is 0.175. The molecule has 0 fully saturated rings. The molecule has 2 aromatic heterocycles. The topological polar surface area (TPSA) is 63.7 Å². The molecule has 0 aliphatic carbocycles. The first-order chi connectivity index (χ1) is 10.7. The fourth-order valence-corrected chi connectivity index (χ4v) is 2.51. The Morgan fingerprint density at radius 2 is 2.23 bits per heavy atom. The van der Waals surface area contributed by atoms with Gasteiger partial charge in [0.25, 0.3) is 0 Å². The molecule has 22 heavy (non-hydrogen) atoms. The van der Waals surface area contributed by atoms with Gasteiger partial charge in [-0.05, 0) is 23.8 Å². The van der Waals surface area contributed by atoms with Crippen molar-refractivity contribution in [2.75, 3.05) is 7.11 Å². The number of nitriles is 1. The zero-order valence-corrected chi connectivity index (χ0v) is 12.7. The van der Waals surface area contributed by atoms with Gasteiger partial charge < -0.3 is 9.30 Å². The first kappa shape index (κ1) is 14.5. The van der Waals surface area contributed by atoms with Gasteiger partial charge in [0.05, 0.1) is 23.2 Å². The van der Waals surface area contributed by atoms with Crippen molar-refractivity contribution in [2.24, 2.45) is 0 Å². The molecule has 110 valence electrons. The number of nitrogens with zero attached hydrogens (tertiary/aromatic N) is 4. The van der Waals surface area contributed by atoms with E-state index in [0.717, 1.165) is 22.6 Å². The van der Waals surface area contributed by atoms with Gasteiger partial charge >= 0.3 is 0 Å². The first-order valence-corrected chi connectivity index (χ1v) is 7.07. The van der Waals surface area contributed by atoms with Gasteiger partial charge in [-0.15, -0.1) is 0 Å². The summed E-state index contributed by atoms with van der Waals surface area (Å²) in [5.41, 5.74) is 3.12. The number of halogens is 1. The van der Waals surface area contributed by atoms with E-state index in [4.69, 9.17) is 21.6 Å². The number of benzene rings is 1. The Labute approximate surface area is 132 Å². The summed E-state index contributed by atoms with van der Waals surface area (Å²) in [6.07, 6.45) is 1.60. The largest absolute Gasteiger partial charge is 0.377 e. The monoisotopic (exact) mass is 312 g/mol. The molecule has 0 bridgehead atoms. The minimum atomic E-state index is 0.381. The molecule has 0 unspecified atom stereocenters. The maximum Gasteiger partial charge on any atom is 0.160 e. The average molecular weight is 313 g/mol. The van der Waals surface area contributed by atoms with Crippen LogP contribution >= 0.6 is 11.6 Å². The number of hydrogen-bond acceptors (Lipinski definition) is 4. The number of aromatic nitrogens is 3. The van der Waals surface area contributed by atoms with E-state index in [1.54, 1.807) is 25.4 Å². The van der Waals surface area contributed by atoms with Gasteiger partial charge in [0.15, 0.2) is 5.65 Å². The lowest BCUT2D eigenvalue weighted by Gasteiger charge is -2.08. The van der Waals surface area contributed by atoms with Crippen LogP contribution in [0.2, 0.25) is 5.02 Å². The van der Waals surface area contributed by atoms with Crippen molar-refractivity contribution in [3.05, 3.63) is 58.5 Å². The third kappa shape index (κ3) is 2.80. The first-order valence-electron chi connectivity index (χ1n) is 6.70. The molecule has 1 aromatic carbocycles. The van der Waals surface area contributed by atoms with Crippen LogP contribution in [0.3, 0.4) is 0 Å². The van der Waals surface area contributed by atoms with Gasteiger partial charge in [0.2, 0.25) is 0 Å². The van der Waals surface area contributed by atoms with Crippen molar-refractivity contribution < 1.29 is 4.74 Å². The zero-order chi connectivity index (χ0) is 15.5. The maximum absolute atomic E-state index is 9.01. The highest BCUT2D eigenvalue weighted by Crippen LogP contribution is 2.20. The number of imidazole rings is 1. The average Bonchev–Trinajstić information content (AvgIpc) is 2.84. The number of rotatable bonds is 4. The Kier molecular flexibility index (Phi) is 4.05. The molecule has 0 aliphatic rings. The third-order valence-corrected chi connectivity index (χ3v) is 3.51.